The van der Waals surface area contributed by atoms with Crippen LogP contribution in [0.5, 0.6) is 0 Å². The molecule has 0 saturated heterocycles. The first-order valence-corrected chi connectivity index (χ1v) is 4.36. The molecule has 4 heteroatoms. The summed E-state index contributed by atoms with van der Waals surface area (Å²) < 4.78 is 1.67. The lowest BCUT2D eigenvalue weighted by Crippen LogP contribution is -2.08. The molecule has 1 aromatic rings. The maximum absolute atomic E-state index is 11.2. The van der Waals surface area contributed by atoms with E-state index in [-0.39, 0.29) is 5.91 Å². The molecule has 1 heterocycles. The van der Waals surface area contributed by atoms with E-state index in [1.807, 2.05) is 14.0 Å². The van der Waals surface area contributed by atoms with Gasteiger partial charge in [0.05, 0.1) is 11.4 Å². The molecule has 0 saturated carbocycles. The molecule has 0 aliphatic rings. The van der Waals surface area contributed by atoms with Gasteiger partial charge in [-0.3, -0.25) is 9.48 Å². The molecular weight excluding hydrogens is 178 g/mol. The van der Waals surface area contributed by atoms with Crippen LogP contribution >= 0.6 is 0 Å². The molecule has 0 aromatic carbocycles. The number of anilines is 1. The van der Waals surface area contributed by atoms with Crippen LogP contribution in [0, 0.1) is 0 Å². The van der Waals surface area contributed by atoms with Crippen molar-refractivity contribution >= 4 is 11.6 Å². The van der Waals surface area contributed by atoms with E-state index in [4.69, 9.17) is 0 Å². The van der Waals surface area contributed by atoms with Crippen molar-refractivity contribution in [2.24, 2.45) is 7.05 Å². The zero-order valence-corrected chi connectivity index (χ0v) is 8.37. The van der Waals surface area contributed by atoms with Crippen LogP contribution in [0.4, 0.5) is 5.69 Å². The Morgan fingerprint density at radius 2 is 2.57 bits per heavy atom. The molecule has 0 fully saturated rings. The van der Waals surface area contributed by atoms with Crippen LogP contribution in [0.1, 0.15) is 12.6 Å². The lowest BCUT2D eigenvalue weighted by atomic mass is 10.3. The molecule has 14 heavy (non-hydrogen) atoms. The molecule has 1 N–H and O–H groups in total. The average molecular weight is 191 g/mol. The maximum atomic E-state index is 11.2. The summed E-state index contributed by atoms with van der Waals surface area (Å²) in [4.78, 5) is 11.2. The lowest BCUT2D eigenvalue weighted by Gasteiger charge is -1.98. The molecule has 1 rings (SSSR count). The van der Waals surface area contributed by atoms with Crippen LogP contribution < -0.4 is 5.32 Å². The van der Waals surface area contributed by atoms with E-state index >= 15 is 0 Å². The van der Waals surface area contributed by atoms with Gasteiger partial charge in [0.2, 0.25) is 0 Å². The monoisotopic (exact) mass is 191 g/mol. The Morgan fingerprint density at radius 1 is 1.86 bits per heavy atom. The van der Waals surface area contributed by atoms with Crippen molar-refractivity contribution in [3.8, 4) is 0 Å². The van der Waals surface area contributed by atoms with Crippen LogP contribution in [0.25, 0.3) is 0 Å². The largest absolute Gasteiger partial charge is 0.319 e. The number of rotatable bonds is 3. The SMILES string of the molecule is C=C=CC(=O)Nc1cn(C)nc1CC. The summed E-state index contributed by atoms with van der Waals surface area (Å²) >= 11 is 0. The summed E-state index contributed by atoms with van der Waals surface area (Å²) in [6.45, 7) is 5.32. The first-order chi connectivity index (χ1) is 6.67. The molecule has 0 bridgehead atoms. The van der Waals surface area contributed by atoms with Gasteiger partial charge >= 0.3 is 0 Å². The van der Waals surface area contributed by atoms with Crippen LogP contribution in [-0.4, -0.2) is 15.7 Å². The van der Waals surface area contributed by atoms with Gasteiger partial charge in [-0.2, -0.15) is 5.10 Å². The highest BCUT2D eigenvalue weighted by Gasteiger charge is 2.06. The Morgan fingerprint density at radius 3 is 3.14 bits per heavy atom. The van der Waals surface area contributed by atoms with Crippen LogP contribution in [-0.2, 0) is 18.3 Å². The summed E-state index contributed by atoms with van der Waals surface area (Å²) in [7, 11) is 1.82. The van der Waals surface area contributed by atoms with Crippen LogP contribution in [0.15, 0.2) is 24.6 Å². The maximum Gasteiger partial charge on any atom is 0.256 e. The Bertz CT molecular complexity index is 386. The van der Waals surface area contributed by atoms with E-state index in [1.54, 1.807) is 10.9 Å². The molecular formula is C10H13N3O. The number of carbonyl (C=O) groups excluding carboxylic acids is 1. The van der Waals surface area contributed by atoms with Crippen LogP contribution in [0.2, 0.25) is 0 Å². The second kappa shape index (κ2) is 4.44. The predicted octanol–water partition coefficient (Wildman–Crippen LogP) is 1.26. The molecule has 0 spiro atoms. The van der Waals surface area contributed by atoms with Crippen molar-refractivity contribution < 1.29 is 4.79 Å². The number of hydrogen-bond donors (Lipinski definition) is 1. The third kappa shape index (κ3) is 2.34. The van der Waals surface area contributed by atoms with Crippen molar-refractivity contribution in [3.63, 3.8) is 0 Å². The number of amides is 1. The number of nitrogens with zero attached hydrogens (tertiary/aromatic N) is 2. The summed E-state index contributed by atoms with van der Waals surface area (Å²) in [6.07, 6.45) is 3.81. The lowest BCUT2D eigenvalue weighted by molar-refractivity contribution is -0.111. The Labute approximate surface area is 82.9 Å². The standard InChI is InChI=1S/C10H13N3O/c1-4-6-10(14)11-9-7-13(3)12-8(9)5-2/h6-7H,1,5H2,2-3H3,(H,11,14). The van der Waals surface area contributed by atoms with E-state index in [1.165, 1.54) is 6.08 Å². The second-order valence-corrected chi connectivity index (χ2v) is 2.85. The van der Waals surface area contributed by atoms with E-state index in [2.05, 4.69) is 22.7 Å². The molecule has 0 aliphatic carbocycles. The normalized spacial score (nSPS) is 9.29. The van der Waals surface area contributed by atoms with Gasteiger partial charge in [-0.25, -0.2) is 0 Å². The quantitative estimate of drug-likeness (QED) is 0.577. The number of nitrogens with one attached hydrogen (secondary N) is 1. The van der Waals surface area contributed by atoms with Crippen molar-refractivity contribution in [3.05, 3.63) is 30.3 Å². The van der Waals surface area contributed by atoms with Gasteiger partial charge in [-0.05, 0) is 6.42 Å². The fraction of sp³-hybridized carbons (Fsp3) is 0.300. The minimum absolute atomic E-state index is 0.234. The van der Waals surface area contributed by atoms with Crippen molar-refractivity contribution in [2.45, 2.75) is 13.3 Å². The number of aryl methyl sites for hydroxylation is 2. The fourth-order valence-corrected chi connectivity index (χ4v) is 1.16. The van der Waals surface area contributed by atoms with Gasteiger partial charge in [-0.1, -0.05) is 13.5 Å². The highest BCUT2D eigenvalue weighted by Crippen LogP contribution is 2.13. The van der Waals surface area contributed by atoms with Crippen molar-refractivity contribution in [2.75, 3.05) is 5.32 Å². The third-order valence-corrected chi connectivity index (χ3v) is 1.73. The van der Waals surface area contributed by atoms with E-state index in [0.717, 1.165) is 17.8 Å². The summed E-state index contributed by atoms with van der Waals surface area (Å²) in [6, 6.07) is 0. The van der Waals surface area contributed by atoms with Gasteiger partial charge in [0.25, 0.3) is 5.91 Å². The second-order valence-electron chi connectivity index (χ2n) is 2.85. The highest BCUT2D eigenvalue weighted by atomic mass is 16.1. The number of hydrogen-bond acceptors (Lipinski definition) is 2. The Hall–Kier alpha value is -1.80. The van der Waals surface area contributed by atoms with Gasteiger partial charge < -0.3 is 5.32 Å². The Balaban J connectivity index is 2.84. The first-order valence-electron chi connectivity index (χ1n) is 4.36. The number of carbonyl (C=O) groups is 1. The van der Waals surface area contributed by atoms with Gasteiger partial charge in [0.15, 0.2) is 0 Å². The summed E-state index contributed by atoms with van der Waals surface area (Å²) in [5, 5.41) is 6.90. The van der Waals surface area contributed by atoms with Gasteiger partial charge in [-0.15, -0.1) is 5.73 Å². The summed E-state index contributed by atoms with van der Waals surface area (Å²) in [5.74, 6) is -0.234. The predicted molar refractivity (Wildman–Crippen MR) is 54.9 cm³/mol. The van der Waals surface area contributed by atoms with Crippen molar-refractivity contribution in [1.82, 2.24) is 9.78 Å². The average Bonchev–Trinajstić information content (AvgIpc) is 2.46. The highest BCUT2D eigenvalue weighted by molar-refractivity contribution is 5.99. The molecule has 4 nitrogen and oxygen atoms in total. The van der Waals surface area contributed by atoms with Gasteiger partial charge in [0.1, 0.15) is 0 Å². The zero-order chi connectivity index (χ0) is 10.6. The molecule has 0 unspecified atom stereocenters. The van der Waals surface area contributed by atoms with E-state index < -0.39 is 0 Å². The smallest absolute Gasteiger partial charge is 0.256 e. The third-order valence-electron chi connectivity index (χ3n) is 1.73. The summed E-state index contributed by atoms with van der Waals surface area (Å²) in [5.41, 5.74) is 4.03. The fourth-order valence-electron chi connectivity index (χ4n) is 1.16. The molecule has 1 aromatic heterocycles. The number of aromatic nitrogens is 2. The van der Waals surface area contributed by atoms with Crippen molar-refractivity contribution in [1.29, 1.82) is 0 Å². The van der Waals surface area contributed by atoms with E-state index in [0.29, 0.717) is 0 Å². The first kappa shape index (κ1) is 10.3. The van der Waals surface area contributed by atoms with E-state index in [9.17, 15) is 4.79 Å². The zero-order valence-electron chi connectivity index (χ0n) is 8.37. The molecule has 0 aliphatic heterocycles. The van der Waals surface area contributed by atoms with Crippen LogP contribution in [0.3, 0.4) is 0 Å². The molecule has 1 amide bonds. The van der Waals surface area contributed by atoms with Gasteiger partial charge in [0, 0.05) is 19.3 Å². The molecule has 0 atom stereocenters. The Kier molecular flexibility index (Phi) is 3.26. The molecule has 0 radical (unpaired) electrons. The minimum Gasteiger partial charge on any atom is -0.319 e. The topological polar surface area (TPSA) is 46.9 Å². The molecule has 74 valence electrons. The minimum atomic E-state index is -0.234.